The van der Waals surface area contributed by atoms with Gasteiger partial charge in [-0.15, -0.1) is 0 Å². The summed E-state index contributed by atoms with van der Waals surface area (Å²) in [4.78, 5) is 12.7. The number of rotatable bonds is 4. The normalized spacial score (nSPS) is 21.9. The Bertz CT molecular complexity index is 920. The van der Waals surface area contributed by atoms with Crippen molar-refractivity contribution in [2.75, 3.05) is 0 Å². The fourth-order valence-electron chi connectivity index (χ4n) is 4.69. The van der Waals surface area contributed by atoms with Crippen LogP contribution in [0.15, 0.2) is 42.5 Å². The van der Waals surface area contributed by atoms with Crippen LogP contribution in [0.25, 0.3) is 0 Å². The van der Waals surface area contributed by atoms with Crippen molar-refractivity contribution in [3.63, 3.8) is 0 Å². The van der Waals surface area contributed by atoms with Gasteiger partial charge in [-0.05, 0) is 49.7 Å². The number of benzene rings is 2. The highest BCUT2D eigenvalue weighted by atomic mass is 16.5. The standard InChI is InChI=1S/C24H28N2O2/c1-15-7-9-17(10-8-15)20(27)26-21-23(3,4)22(24(21,5)6)28-19-12-11-18(14-25)16(2)13-19/h7-13,21-22H,1-6H3,(H,26,27)/t21-,22-. The number of hydrogen-bond acceptors (Lipinski definition) is 3. The summed E-state index contributed by atoms with van der Waals surface area (Å²) in [5.74, 6) is 0.699. The molecule has 0 spiro atoms. The van der Waals surface area contributed by atoms with Gasteiger partial charge in [0.15, 0.2) is 0 Å². The molecule has 4 nitrogen and oxygen atoms in total. The Hall–Kier alpha value is -2.80. The molecule has 0 radical (unpaired) electrons. The lowest BCUT2D eigenvalue weighted by atomic mass is 9.49. The Morgan fingerprint density at radius 1 is 1.04 bits per heavy atom. The molecule has 0 saturated heterocycles. The maximum atomic E-state index is 12.7. The van der Waals surface area contributed by atoms with E-state index in [1.165, 1.54) is 0 Å². The van der Waals surface area contributed by atoms with Crippen molar-refractivity contribution in [1.29, 1.82) is 5.26 Å². The highest BCUT2D eigenvalue weighted by Gasteiger charge is 2.64. The van der Waals surface area contributed by atoms with Crippen LogP contribution in [-0.2, 0) is 0 Å². The quantitative estimate of drug-likeness (QED) is 0.835. The van der Waals surface area contributed by atoms with Crippen molar-refractivity contribution in [1.82, 2.24) is 5.32 Å². The third-order valence-corrected chi connectivity index (χ3v) is 6.00. The van der Waals surface area contributed by atoms with Crippen LogP contribution >= 0.6 is 0 Å². The molecular formula is C24H28N2O2. The van der Waals surface area contributed by atoms with Crippen LogP contribution in [0.5, 0.6) is 5.75 Å². The van der Waals surface area contributed by atoms with E-state index in [-0.39, 0.29) is 28.9 Å². The summed E-state index contributed by atoms with van der Waals surface area (Å²) in [5, 5.41) is 12.3. The molecule has 1 aliphatic carbocycles. The molecule has 0 unspecified atom stereocenters. The summed E-state index contributed by atoms with van der Waals surface area (Å²) in [6.45, 7) is 12.4. The van der Waals surface area contributed by atoms with Crippen molar-refractivity contribution in [3.05, 3.63) is 64.7 Å². The maximum absolute atomic E-state index is 12.7. The minimum Gasteiger partial charge on any atom is -0.489 e. The fraction of sp³-hybridized carbons (Fsp3) is 0.417. The van der Waals surface area contributed by atoms with Crippen molar-refractivity contribution >= 4 is 5.91 Å². The maximum Gasteiger partial charge on any atom is 0.251 e. The van der Waals surface area contributed by atoms with Crippen molar-refractivity contribution in [2.24, 2.45) is 10.8 Å². The molecule has 4 heteroatoms. The number of aryl methyl sites for hydroxylation is 2. The van der Waals surface area contributed by atoms with Crippen LogP contribution in [0.2, 0.25) is 0 Å². The van der Waals surface area contributed by atoms with E-state index < -0.39 is 0 Å². The first-order chi connectivity index (χ1) is 13.1. The van der Waals surface area contributed by atoms with Crippen molar-refractivity contribution in [2.45, 2.75) is 53.7 Å². The van der Waals surface area contributed by atoms with Gasteiger partial charge < -0.3 is 10.1 Å². The van der Waals surface area contributed by atoms with E-state index in [1.54, 1.807) is 6.07 Å². The molecule has 1 aliphatic rings. The number of ether oxygens (including phenoxy) is 1. The first kappa shape index (κ1) is 19.9. The van der Waals surface area contributed by atoms with E-state index in [4.69, 9.17) is 10.00 Å². The van der Waals surface area contributed by atoms with Gasteiger partial charge in [-0.2, -0.15) is 5.26 Å². The Morgan fingerprint density at radius 3 is 2.18 bits per heavy atom. The second-order valence-electron chi connectivity index (χ2n) is 9.00. The summed E-state index contributed by atoms with van der Waals surface area (Å²) in [6, 6.07) is 15.3. The molecule has 1 saturated carbocycles. The van der Waals surface area contributed by atoms with Crippen LogP contribution in [-0.4, -0.2) is 18.1 Å². The Balaban J connectivity index is 1.76. The Morgan fingerprint density at radius 2 is 1.64 bits per heavy atom. The minimum atomic E-state index is -0.230. The first-order valence-electron chi connectivity index (χ1n) is 9.62. The van der Waals surface area contributed by atoms with Crippen LogP contribution < -0.4 is 10.1 Å². The second-order valence-corrected chi connectivity index (χ2v) is 9.00. The third-order valence-electron chi connectivity index (χ3n) is 6.00. The topological polar surface area (TPSA) is 62.1 Å². The zero-order chi connectivity index (χ0) is 20.7. The monoisotopic (exact) mass is 376 g/mol. The highest BCUT2D eigenvalue weighted by molar-refractivity contribution is 5.94. The lowest BCUT2D eigenvalue weighted by Crippen LogP contribution is -2.74. The number of carbonyl (C=O) groups excluding carboxylic acids is 1. The molecule has 2 aromatic rings. The van der Waals surface area contributed by atoms with Crippen LogP contribution in [0.4, 0.5) is 0 Å². The molecule has 28 heavy (non-hydrogen) atoms. The molecule has 0 aromatic heterocycles. The highest BCUT2D eigenvalue weighted by Crippen LogP contribution is 2.55. The summed E-state index contributed by atoms with van der Waals surface area (Å²) < 4.78 is 6.33. The Kier molecular flexibility index (Phi) is 4.97. The van der Waals surface area contributed by atoms with Crippen molar-refractivity contribution < 1.29 is 9.53 Å². The molecule has 0 aliphatic heterocycles. The molecule has 3 rings (SSSR count). The van der Waals surface area contributed by atoms with Gasteiger partial charge in [0.2, 0.25) is 0 Å². The number of nitrogens with zero attached hydrogens (tertiary/aromatic N) is 1. The SMILES string of the molecule is Cc1ccc(C(=O)N[C@H]2C(C)(C)[C@H](Oc3ccc(C#N)c(C)c3)C2(C)C)cc1. The van der Waals surface area contributed by atoms with E-state index in [0.29, 0.717) is 11.1 Å². The molecule has 2 aromatic carbocycles. The summed E-state index contributed by atoms with van der Waals surface area (Å²) >= 11 is 0. The molecule has 0 atom stereocenters. The molecular weight excluding hydrogens is 348 g/mol. The average molecular weight is 377 g/mol. The molecule has 146 valence electrons. The van der Waals surface area contributed by atoms with Gasteiger partial charge in [0.25, 0.3) is 5.91 Å². The smallest absolute Gasteiger partial charge is 0.251 e. The van der Waals surface area contributed by atoms with Crippen LogP contribution in [0.1, 0.15) is 54.7 Å². The minimum absolute atomic E-state index is 0.0155. The molecule has 1 N–H and O–H groups in total. The average Bonchev–Trinajstić information content (AvgIpc) is 2.64. The van der Waals surface area contributed by atoms with Gasteiger partial charge in [-0.3, -0.25) is 4.79 Å². The van der Waals surface area contributed by atoms with E-state index in [9.17, 15) is 4.79 Å². The lowest BCUT2D eigenvalue weighted by Gasteiger charge is -2.63. The van der Waals surface area contributed by atoms with Crippen LogP contribution in [0.3, 0.4) is 0 Å². The van der Waals surface area contributed by atoms with Gasteiger partial charge in [0.1, 0.15) is 11.9 Å². The Labute approximate surface area is 167 Å². The molecule has 1 fully saturated rings. The van der Waals surface area contributed by atoms with Gasteiger partial charge >= 0.3 is 0 Å². The second kappa shape index (κ2) is 6.98. The predicted molar refractivity (Wildman–Crippen MR) is 110 cm³/mol. The molecule has 0 heterocycles. The number of nitrogens with one attached hydrogen (secondary N) is 1. The van der Waals surface area contributed by atoms with E-state index in [0.717, 1.165) is 16.9 Å². The van der Waals surface area contributed by atoms with E-state index in [2.05, 4.69) is 39.1 Å². The van der Waals surface area contributed by atoms with Crippen LogP contribution in [0, 0.1) is 36.0 Å². The zero-order valence-electron chi connectivity index (χ0n) is 17.5. The predicted octanol–water partition coefficient (Wildman–Crippen LogP) is 4.79. The lowest BCUT2D eigenvalue weighted by molar-refractivity contribution is -0.164. The number of amides is 1. The summed E-state index contributed by atoms with van der Waals surface area (Å²) in [5.41, 5.74) is 2.90. The number of carbonyl (C=O) groups is 1. The number of hydrogen-bond donors (Lipinski definition) is 1. The van der Waals surface area contributed by atoms with Gasteiger partial charge in [0, 0.05) is 22.4 Å². The molecule has 0 bridgehead atoms. The van der Waals surface area contributed by atoms with Gasteiger partial charge in [0.05, 0.1) is 11.6 Å². The van der Waals surface area contributed by atoms with Crippen molar-refractivity contribution in [3.8, 4) is 11.8 Å². The van der Waals surface area contributed by atoms with Gasteiger partial charge in [-0.25, -0.2) is 0 Å². The summed E-state index contributed by atoms with van der Waals surface area (Å²) in [7, 11) is 0. The zero-order valence-corrected chi connectivity index (χ0v) is 17.5. The molecule has 1 amide bonds. The largest absolute Gasteiger partial charge is 0.489 e. The van der Waals surface area contributed by atoms with E-state index in [1.807, 2.05) is 50.2 Å². The third kappa shape index (κ3) is 3.38. The number of nitriles is 1. The van der Waals surface area contributed by atoms with E-state index >= 15 is 0 Å². The first-order valence-corrected chi connectivity index (χ1v) is 9.62. The summed E-state index contributed by atoms with van der Waals surface area (Å²) in [6.07, 6.45) is -0.0596. The van der Waals surface area contributed by atoms with Gasteiger partial charge in [-0.1, -0.05) is 45.4 Å². The fourth-order valence-corrected chi connectivity index (χ4v) is 4.69.